The van der Waals surface area contributed by atoms with E-state index in [1.807, 2.05) is 79.7 Å². The summed E-state index contributed by atoms with van der Waals surface area (Å²) in [5, 5.41) is 5.21. The second-order valence-electron chi connectivity index (χ2n) is 7.21. The molecule has 0 unspecified atom stereocenters. The van der Waals surface area contributed by atoms with Gasteiger partial charge in [-0.2, -0.15) is 0 Å². The number of rotatable bonds is 10. The van der Waals surface area contributed by atoms with E-state index in [1.165, 1.54) is 14.0 Å². The predicted molar refractivity (Wildman–Crippen MR) is 122 cm³/mol. The van der Waals surface area contributed by atoms with Gasteiger partial charge in [0.25, 0.3) is 0 Å². The number of ether oxygens (including phenoxy) is 2. The number of esters is 1. The minimum atomic E-state index is -0.956. The minimum Gasteiger partial charge on any atom is -0.467 e. The topological polar surface area (TPSA) is 93.7 Å². The van der Waals surface area contributed by atoms with Crippen LogP contribution in [0.1, 0.15) is 37.3 Å². The molecule has 7 nitrogen and oxygen atoms in total. The van der Waals surface area contributed by atoms with E-state index in [-0.39, 0.29) is 6.61 Å². The molecule has 0 aliphatic carbocycles. The Morgan fingerprint density at radius 3 is 2.19 bits per heavy atom. The van der Waals surface area contributed by atoms with Crippen LogP contribution in [0.2, 0.25) is 0 Å². The third-order valence-corrected chi connectivity index (χ3v) is 4.82. The van der Waals surface area contributed by atoms with Crippen LogP contribution in [0.3, 0.4) is 0 Å². The van der Waals surface area contributed by atoms with Gasteiger partial charge in [0.2, 0.25) is 5.91 Å². The highest BCUT2D eigenvalue weighted by Crippen LogP contribution is 2.23. The van der Waals surface area contributed by atoms with E-state index in [0.29, 0.717) is 0 Å². The van der Waals surface area contributed by atoms with Crippen LogP contribution >= 0.6 is 0 Å². The molecule has 0 spiro atoms. The Labute approximate surface area is 188 Å². The van der Waals surface area contributed by atoms with Crippen molar-refractivity contribution in [1.29, 1.82) is 0 Å². The second-order valence-corrected chi connectivity index (χ2v) is 7.21. The molecule has 170 valence electrons. The first kappa shape index (κ1) is 24.7. The third-order valence-electron chi connectivity index (χ3n) is 4.82. The minimum absolute atomic E-state index is 0.0870. The lowest BCUT2D eigenvalue weighted by Crippen LogP contribution is -2.52. The predicted octanol–water partition coefficient (Wildman–Crippen LogP) is 3.71. The number of hydrogen-bond donors (Lipinski definition) is 2. The fraction of sp³-hybridized carbons (Fsp3) is 0.320. The highest BCUT2D eigenvalue weighted by atomic mass is 16.5. The van der Waals surface area contributed by atoms with Crippen molar-refractivity contribution < 1.29 is 23.9 Å². The van der Waals surface area contributed by atoms with Gasteiger partial charge in [-0.25, -0.2) is 9.59 Å². The molecule has 2 rings (SSSR count). The number of nitrogens with one attached hydrogen (secondary N) is 2. The van der Waals surface area contributed by atoms with Crippen molar-refractivity contribution in [3.63, 3.8) is 0 Å². The average molecular weight is 439 g/mol. The third kappa shape index (κ3) is 7.58. The summed E-state index contributed by atoms with van der Waals surface area (Å²) in [5.74, 6) is -1.53. The summed E-state index contributed by atoms with van der Waals surface area (Å²) < 4.78 is 10.1. The van der Waals surface area contributed by atoms with E-state index in [0.717, 1.165) is 17.5 Å². The molecule has 0 bridgehead atoms. The molecular weight excluding hydrogens is 408 g/mol. The highest BCUT2D eigenvalue weighted by Gasteiger charge is 2.32. The molecule has 0 saturated carbocycles. The lowest BCUT2D eigenvalue weighted by molar-refractivity contribution is -0.145. The molecule has 7 heteroatoms. The average Bonchev–Trinajstić information content (AvgIpc) is 2.82. The summed E-state index contributed by atoms with van der Waals surface area (Å²) >= 11 is 0. The van der Waals surface area contributed by atoms with Gasteiger partial charge in [-0.1, -0.05) is 79.7 Å². The molecule has 0 radical (unpaired) electrons. The largest absolute Gasteiger partial charge is 0.467 e. The zero-order chi connectivity index (χ0) is 23.3. The smallest absolute Gasteiger partial charge is 0.408 e. The molecule has 0 aromatic heterocycles. The Balaban J connectivity index is 2.06. The van der Waals surface area contributed by atoms with Crippen LogP contribution in [0.25, 0.3) is 0 Å². The number of allylic oxidation sites excluding steroid dienone is 1. The van der Waals surface area contributed by atoms with E-state index >= 15 is 0 Å². The molecule has 2 aromatic carbocycles. The maximum Gasteiger partial charge on any atom is 0.408 e. The van der Waals surface area contributed by atoms with Crippen LogP contribution in [0, 0.1) is 0 Å². The van der Waals surface area contributed by atoms with Crippen molar-refractivity contribution in [3.05, 3.63) is 83.9 Å². The van der Waals surface area contributed by atoms with Crippen molar-refractivity contribution >= 4 is 18.0 Å². The van der Waals surface area contributed by atoms with Gasteiger partial charge in [0.1, 0.15) is 18.7 Å². The van der Waals surface area contributed by atoms with E-state index in [4.69, 9.17) is 9.47 Å². The van der Waals surface area contributed by atoms with Crippen molar-refractivity contribution in [2.75, 3.05) is 7.11 Å². The number of benzene rings is 2. The van der Waals surface area contributed by atoms with Crippen molar-refractivity contribution in [1.82, 2.24) is 10.6 Å². The molecule has 0 saturated heterocycles. The Bertz CT molecular complexity index is 899. The van der Waals surface area contributed by atoms with Crippen molar-refractivity contribution in [2.24, 2.45) is 0 Å². The lowest BCUT2D eigenvalue weighted by Gasteiger charge is -2.26. The molecule has 0 aliphatic rings. The Hall–Kier alpha value is -3.61. The van der Waals surface area contributed by atoms with Gasteiger partial charge >= 0.3 is 12.1 Å². The van der Waals surface area contributed by atoms with E-state index in [1.54, 1.807) is 0 Å². The van der Waals surface area contributed by atoms with Crippen LogP contribution < -0.4 is 10.6 Å². The lowest BCUT2D eigenvalue weighted by atomic mass is 9.90. The molecular formula is C25H30N2O5. The van der Waals surface area contributed by atoms with Gasteiger partial charge in [0, 0.05) is 5.92 Å². The van der Waals surface area contributed by atoms with Gasteiger partial charge in [-0.15, -0.1) is 0 Å². The summed E-state index contributed by atoms with van der Waals surface area (Å²) in [6.45, 7) is 3.59. The monoisotopic (exact) mass is 438 g/mol. The Kier molecular flexibility index (Phi) is 9.97. The Morgan fingerprint density at radius 1 is 0.969 bits per heavy atom. The van der Waals surface area contributed by atoms with Gasteiger partial charge in [-0.3, -0.25) is 4.79 Å². The molecule has 0 fully saturated rings. The number of methoxy groups -OCH3 is 1. The summed E-state index contributed by atoms with van der Waals surface area (Å²) in [5.41, 5.74) is 1.69. The second kappa shape index (κ2) is 12.9. The summed E-state index contributed by atoms with van der Waals surface area (Å²) in [4.78, 5) is 37.4. The molecule has 32 heavy (non-hydrogen) atoms. The summed E-state index contributed by atoms with van der Waals surface area (Å²) in [6, 6.07) is 16.7. The molecule has 0 heterocycles. The number of carbonyl (C=O) groups is 3. The zero-order valence-corrected chi connectivity index (χ0v) is 18.6. The first-order valence-electron chi connectivity index (χ1n) is 10.5. The van der Waals surface area contributed by atoms with Crippen molar-refractivity contribution in [2.45, 2.75) is 44.9 Å². The van der Waals surface area contributed by atoms with Gasteiger partial charge in [0.05, 0.1) is 7.11 Å². The summed E-state index contributed by atoms with van der Waals surface area (Å²) in [7, 11) is 1.27. The fourth-order valence-corrected chi connectivity index (χ4v) is 3.08. The molecule has 2 aromatic rings. The number of alkyl carbamates (subject to hydrolysis) is 1. The van der Waals surface area contributed by atoms with Crippen LogP contribution in [0.5, 0.6) is 0 Å². The van der Waals surface area contributed by atoms with E-state index in [2.05, 4.69) is 10.6 Å². The van der Waals surface area contributed by atoms with Gasteiger partial charge < -0.3 is 20.1 Å². The normalized spacial score (nSPS) is 13.6. The first-order valence-corrected chi connectivity index (χ1v) is 10.5. The number of amides is 2. The highest BCUT2D eigenvalue weighted by molar-refractivity contribution is 5.90. The number of carbonyl (C=O) groups excluding carboxylic acids is 3. The van der Waals surface area contributed by atoms with Gasteiger partial charge in [0.15, 0.2) is 0 Å². The molecule has 2 N–H and O–H groups in total. The van der Waals surface area contributed by atoms with E-state index in [9.17, 15) is 14.4 Å². The quantitative estimate of drug-likeness (QED) is 0.436. The van der Waals surface area contributed by atoms with Crippen LogP contribution in [-0.4, -0.2) is 37.2 Å². The zero-order valence-electron chi connectivity index (χ0n) is 18.6. The summed E-state index contributed by atoms with van der Waals surface area (Å²) in [6.07, 6.45) is 3.86. The van der Waals surface area contributed by atoms with Crippen LogP contribution in [-0.2, 0) is 25.7 Å². The SMILES string of the molecule is CC/C=C/[C@@H](c1ccccc1)[C@H](NC(=O)[C@H](C)NC(=O)OCc1ccccc1)C(=O)OC. The van der Waals surface area contributed by atoms with Crippen molar-refractivity contribution in [3.8, 4) is 0 Å². The first-order chi connectivity index (χ1) is 15.5. The molecule has 0 aliphatic heterocycles. The molecule has 2 amide bonds. The fourth-order valence-electron chi connectivity index (χ4n) is 3.08. The standard InChI is InChI=1S/C25H30N2O5/c1-4-5-16-21(20-14-10-7-11-15-20)22(24(29)31-3)27-23(28)18(2)26-25(30)32-17-19-12-8-6-9-13-19/h5-16,18,21-22H,4,17H2,1-3H3,(H,26,30)(H,27,28)/b16-5+/t18-,21-,22-/m0/s1. The van der Waals surface area contributed by atoms with Crippen LogP contribution in [0.4, 0.5) is 4.79 Å². The Morgan fingerprint density at radius 2 is 1.59 bits per heavy atom. The molecule has 3 atom stereocenters. The number of hydrogen-bond acceptors (Lipinski definition) is 5. The maximum atomic E-state index is 12.8. The maximum absolute atomic E-state index is 12.8. The van der Waals surface area contributed by atoms with E-state index < -0.39 is 36.0 Å². The van der Waals surface area contributed by atoms with Crippen LogP contribution in [0.15, 0.2) is 72.8 Å². The van der Waals surface area contributed by atoms with Gasteiger partial charge in [-0.05, 0) is 24.5 Å².